The summed E-state index contributed by atoms with van der Waals surface area (Å²) in [6.45, 7) is 5.32. The van der Waals surface area contributed by atoms with Crippen LogP contribution in [0.15, 0.2) is 66.7 Å². The molecule has 2 bridgehead atoms. The van der Waals surface area contributed by atoms with Gasteiger partial charge in [-0.3, -0.25) is 19.3 Å². The Bertz CT molecular complexity index is 1920. The quantitative estimate of drug-likeness (QED) is 0.0859. The zero-order valence-corrected chi connectivity index (χ0v) is 29.1. The van der Waals surface area contributed by atoms with E-state index in [1.807, 2.05) is 26.0 Å². The number of benzene rings is 3. The van der Waals surface area contributed by atoms with E-state index in [2.05, 4.69) is 31.9 Å². The number of halogens is 3. The minimum absolute atomic E-state index is 0.130. The summed E-state index contributed by atoms with van der Waals surface area (Å²) >= 11 is 13.9. The number of rotatable bonds is 6. The number of carbonyl (C=O) groups excluding carboxylic acids is 4. The fourth-order valence-corrected chi connectivity index (χ4v) is 9.36. The number of aromatic nitrogens is 1. The summed E-state index contributed by atoms with van der Waals surface area (Å²) in [7, 11) is 0. The van der Waals surface area contributed by atoms with Crippen molar-refractivity contribution in [3.63, 3.8) is 0 Å². The number of Topliss-reactive ketones (excluding diaryl/α,β-unsaturated/α-hetero) is 1. The van der Waals surface area contributed by atoms with Gasteiger partial charge in [0.2, 0.25) is 17.6 Å². The third-order valence-electron chi connectivity index (χ3n) is 9.79. The summed E-state index contributed by atoms with van der Waals surface area (Å²) in [5, 5.41) is 1.05. The number of esters is 1. The van der Waals surface area contributed by atoms with E-state index in [0.717, 1.165) is 12.0 Å². The maximum Gasteiger partial charge on any atom is 0.339 e. The van der Waals surface area contributed by atoms with Gasteiger partial charge in [-0.2, -0.15) is 0 Å². The standard InChI is InChI=1S/C36H29Br2ClN2O5/c1-16-4-6-20(7-5-16)33(42)18(3)46-36(45)23-15-27(40-32-17(2)26(39)13-12-22(23)32)19-8-10-21(11-9-19)41-34(43)28-24-14-25(29(28)35(41)44)31(38)30(24)37/h4-13,15,18,24-25,28-31H,14H2,1-3H3. The van der Waals surface area contributed by atoms with Crippen LogP contribution in [0.25, 0.3) is 22.2 Å². The fraction of sp³-hybridized carbons (Fsp3) is 0.306. The molecule has 1 saturated heterocycles. The van der Waals surface area contributed by atoms with Crippen LogP contribution < -0.4 is 4.90 Å². The Morgan fingerprint density at radius 3 is 2.13 bits per heavy atom. The van der Waals surface area contributed by atoms with E-state index in [1.54, 1.807) is 61.5 Å². The molecule has 0 N–H and O–H groups in total. The zero-order chi connectivity index (χ0) is 32.6. The molecule has 3 aliphatic rings. The van der Waals surface area contributed by atoms with Crippen molar-refractivity contribution in [1.82, 2.24) is 4.98 Å². The second-order valence-electron chi connectivity index (χ2n) is 12.5. The molecular formula is C36H29Br2ClN2O5. The molecule has 2 aliphatic carbocycles. The highest BCUT2D eigenvalue weighted by molar-refractivity contribution is 9.12. The van der Waals surface area contributed by atoms with Crippen molar-refractivity contribution in [2.24, 2.45) is 23.7 Å². The maximum absolute atomic E-state index is 13.6. The summed E-state index contributed by atoms with van der Waals surface area (Å²) in [6.07, 6.45) is -0.147. The van der Waals surface area contributed by atoms with Gasteiger partial charge in [0.15, 0.2) is 6.10 Å². The predicted molar refractivity (Wildman–Crippen MR) is 184 cm³/mol. The number of anilines is 1. The van der Waals surface area contributed by atoms with Gasteiger partial charge in [-0.25, -0.2) is 9.78 Å². The Morgan fingerprint density at radius 2 is 1.52 bits per heavy atom. The molecule has 1 aromatic heterocycles. The van der Waals surface area contributed by atoms with E-state index >= 15 is 0 Å². The van der Waals surface area contributed by atoms with Gasteiger partial charge >= 0.3 is 5.97 Å². The topological polar surface area (TPSA) is 93.6 Å². The van der Waals surface area contributed by atoms with Gasteiger partial charge in [-0.1, -0.05) is 91.5 Å². The van der Waals surface area contributed by atoms with E-state index in [0.29, 0.717) is 44.0 Å². The van der Waals surface area contributed by atoms with E-state index in [9.17, 15) is 19.2 Å². The molecule has 2 heterocycles. The number of hydrogen-bond acceptors (Lipinski definition) is 6. The number of ether oxygens (including phenoxy) is 1. The first-order chi connectivity index (χ1) is 22.0. The fourth-order valence-electron chi connectivity index (χ4n) is 7.34. The van der Waals surface area contributed by atoms with E-state index in [4.69, 9.17) is 21.3 Å². The largest absolute Gasteiger partial charge is 0.451 e. The molecule has 7 unspecified atom stereocenters. The first-order valence-corrected chi connectivity index (χ1v) is 17.3. The first kappa shape index (κ1) is 31.2. The molecule has 3 aromatic carbocycles. The highest BCUT2D eigenvalue weighted by atomic mass is 79.9. The molecular weight excluding hydrogens is 736 g/mol. The van der Waals surface area contributed by atoms with Crippen molar-refractivity contribution in [3.8, 4) is 11.3 Å². The Balaban J connectivity index is 1.20. The molecule has 7 nitrogen and oxygen atoms in total. The van der Waals surface area contributed by atoms with Crippen LogP contribution in [-0.2, 0) is 14.3 Å². The Labute approximate surface area is 287 Å². The molecule has 10 heteroatoms. The normalized spacial score (nSPS) is 25.7. The Kier molecular flexibility index (Phi) is 7.93. The van der Waals surface area contributed by atoms with E-state index in [-0.39, 0.29) is 56.5 Å². The van der Waals surface area contributed by atoms with Crippen LogP contribution in [0.4, 0.5) is 5.69 Å². The highest BCUT2D eigenvalue weighted by Gasteiger charge is 2.66. The molecule has 0 radical (unpaired) electrons. The van der Waals surface area contributed by atoms with Gasteiger partial charge in [-0.15, -0.1) is 0 Å². The number of ketones is 1. The van der Waals surface area contributed by atoms with Gasteiger partial charge in [-0.05, 0) is 68.9 Å². The maximum atomic E-state index is 13.6. The van der Waals surface area contributed by atoms with Crippen LogP contribution in [0, 0.1) is 37.5 Å². The van der Waals surface area contributed by atoms with Crippen molar-refractivity contribution >= 4 is 83.6 Å². The number of pyridine rings is 1. The van der Waals surface area contributed by atoms with Crippen molar-refractivity contribution in [2.75, 3.05) is 4.90 Å². The number of hydrogen-bond donors (Lipinski definition) is 0. The molecule has 2 saturated carbocycles. The number of fused-ring (bicyclic) bond motifs is 6. The molecule has 234 valence electrons. The zero-order valence-electron chi connectivity index (χ0n) is 25.2. The van der Waals surface area contributed by atoms with Crippen molar-refractivity contribution < 1.29 is 23.9 Å². The summed E-state index contributed by atoms with van der Waals surface area (Å²) in [6, 6.07) is 19.2. The third-order valence-corrected chi connectivity index (χ3v) is 13.4. The first-order valence-electron chi connectivity index (χ1n) is 15.1. The van der Waals surface area contributed by atoms with Crippen LogP contribution in [0.3, 0.4) is 0 Å². The smallest absolute Gasteiger partial charge is 0.339 e. The van der Waals surface area contributed by atoms with Crippen molar-refractivity contribution in [2.45, 2.75) is 43.0 Å². The summed E-state index contributed by atoms with van der Waals surface area (Å²) in [4.78, 5) is 60.2. The van der Waals surface area contributed by atoms with Crippen LogP contribution in [0.5, 0.6) is 0 Å². The molecule has 3 fully saturated rings. The molecule has 7 atom stereocenters. The molecule has 1 aliphatic heterocycles. The number of nitrogens with zero attached hydrogens (tertiary/aromatic N) is 2. The van der Waals surface area contributed by atoms with Crippen molar-refractivity contribution in [3.05, 3.63) is 94.0 Å². The van der Waals surface area contributed by atoms with Gasteiger partial charge in [0.1, 0.15) is 0 Å². The lowest BCUT2D eigenvalue weighted by atomic mass is 9.81. The van der Waals surface area contributed by atoms with E-state index < -0.39 is 12.1 Å². The molecule has 7 rings (SSSR count). The summed E-state index contributed by atoms with van der Waals surface area (Å²) in [5.74, 6) is -1.61. The van der Waals surface area contributed by atoms with Crippen LogP contribution >= 0.6 is 43.5 Å². The summed E-state index contributed by atoms with van der Waals surface area (Å²) < 4.78 is 5.70. The lowest BCUT2D eigenvalue weighted by Gasteiger charge is -2.28. The number of amides is 2. The van der Waals surface area contributed by atoms with Crippen LogP contribution in [-0.4, -0.2) is 44.3 Å². The second kappa shape index (κ2) is 11.7. The van der Waals surface area contributed by atoms with Gasteiger partial charge < -0.3 is 4.74 Å². The predicted octanol–water partition coefficient (Wildman–Crippen LogP) is 7.88. The summed E-state index contributed by atoms with van der Waals surface area (Å²) in [5.41, 5.74) is 4.60. The lowest BCUT2D eigenvalue weighted by molar-refractivity contribution is -0.123. The Morgan fingerprint density at radius 1 is 0.913 bits per heavy atom. The van der Waals surface area contributed by atoms with Gasteiger partial charge in [0.25, 0.3) is 0 Å². The van der Waals surface area contributed by atoms with Gasteiger partial charge in [0.05, 0.1) is 34.3 Å². The number of aryl methyl sites for hydroxylation is 2. The average Bonchev–Trinajstić information content (AvgIpc) is 3.67. The lowest BCUT2D eigenvalue weighted by Crippen LogP contribution is -2.37. The number of imide groups is 1. The van der Waals surface area contributed by atoms with E-state index in [1.165, 1.54) is 4.90 Å². The number of alkyl halides is 2. The minimum atomic E-state index is -1.01. The molecule has 2 amide bonds. The van der Waals surface area contributed by atoms with Crippen LogP contribution in [0.1, 0.15) is 45.2 Å². The average molecular weight is 765 g/mol. The molecule has 0 spiro atoms. The minimum Gasteiger partial charge on any atom is -0.451 e. The SMILES string of the molecule is Cc1ccc(C(=O)C(C)OC(=O)c2cc(-c3ccc(N4C(=O)C5C6CC(C(Br)C6Br)C5C4=O)cc3)nc3c(C)c(Cl)ccc23)cc1. The molecule has 4 aromatic rings. The highest BCUT2D eigenvalue weighted by Crippen LogP contribution is 2.60. The monoisotopic (exact) mass is 762 g/mol. The van der Waals surface area contributed by atoms with Crippen molar-refractivity contribution in [1.29, 1.82) is 0 Å². The van der Waals surface area contributed by atoms with Crippen LogP contribution in [0.2, 0.25) is 5.02 Å². The Hall–Kier alpha value is -3.40. The second-order valence-corrected chi connectivity index (χ2v) is 15.0. The number of carbonyl (C=O) groups is 4. The third kappa shape index (κ3) is 4.93. The molecule has 46 heavy (non-hydrogen) atoms. The van der Waals surface area contributed by atoms with Gasteiger partial charge in [0, 0.05) is 31.2 Å².